The van der Waals surface area contributed by atoms with Crippen LogP contribution in [0.2, 0.25) is 0 Å². The predicted octanol–water partition coefficient (Wildman–Crippen LogP) is 3.90. The van der Waals surface area contributed by atoms with Crippen LogP contribution >= 0.6 is 0 Å². The smallest absolute Gasteiger partial charge is 0.227 e. The number of nitrogens with zero attached hydrogens (tertiary/aromatic N) is 4. The summed E-state index contributed by atoms with van der Waals surface area (Å²) in [5.41, 5.74) is 4.70. The number of pyridine rings is 1. The fourth-order valence-corrected chi connectivity index (χ4v) is 2.90. The van der Waals surface area contributed by atoms with Gasteiger partial charge in [-0.1, -0.05) is 6.07 Å². The Kier molecular flexibility index (Phi) is 3.03. The van der Waals surface area contributed by atoms with Crippen LogP contribution < -0.4 is 0 Å². The summed E-state index contributed by atoms with van der Waals surface area (Å²) in [5, 5.41) is 4.44. The monoisotopic (exact) mass is 330 g/mol. The number of hydrogen-bond donors (Lipinski definition) is 0. The number of aldehydes is 1. The van der Waals surface area contributed by atoms with Crippen molar-refractivity contribution in [2.75, 3.05) is 0 Å². The fraction of sp³-hybridized carbons (Fsp3) is 0.158. The van der Waals surface area contributed by atoms with Gasteiger partial charge in [-0.2, -0.15) is 5.10 Å². The van der Waals surface area contributed by atoms with Crippen LogP contribution in [0.3, 0.4) is 0 Å². The molecule has 1 aliphatic carbocycles. The van der Waals surface area contributed by atoms with Gasteiger partial charge in [0.2, 0.25) is 5.89 Å². The number of fused-ring (bicyclic) bond motifs is 1. The minimum Gasteiger partial charge on any atom is -0.436 e. The summed E-state index contributed by atoms with van der Waals surface area (Å²) in [6, 6.07) is 9.93. The molecule has 0 radical (unpaired) electrons. The molecule has 6 nitrogen and oxygen atoms in total. The second-order valence-corrected chi connectivity index (χ2v) is 6.23. The molecule has 3 heterocycles. The maximum atomic E-state index is 10.9. The van der Waals surface area contributed by atoms with Crippen molar-refractivity contribution >= 4 is 17.4 Å². The summed E-state index contributed by atoms with van der Waals surface area (Å²) in [6.45, 7) is 0. The third-order valence-electron chi connectivity index (χ3n) is 4.39. The molecule has 0 aliphatic heterocycles. The fourth-order valence-electron chi connectivity index (χ4n) is 2.90. The lowest BCUT2D eigenvalue weighted by Gasteiger charge is -1.96. The summed E-state index contributed by atoms with van der Waals surface area (Å²) >= 11 is 0. The van der Waals surface area contributed by atoms with E-state index in [2.05, 4.69) is 21.3 Å². The van der Waals surface area contributed by atoms with E-state index < -0.39 is 0 Å². The average Bonchev–Trinajstić information content (AvgIpc) is 3.23. The first-order valence-corrected chi connectivity index (χ1v) is 8.17. The van der Waals surface area contributed by atoms with Gasteiger partial charge in [-0.3, -0.25) is 14.5 Å². The lowest BCUT2D eigenvalue weighted by Crippen LogP contribution is -1.91. The second kappa shape index (κ2) is 5.37. The maximum Gasteiger partial charge on any atom is 0.227 e. The number of carbonyl (C=O) groups excluding carboxylic acids is 1. The number of aromatic nitrogens is 4. The summed E-state index contributed by atoms with van der Waals surface area (Å²) in [4.78, 5) is 19.4. The molecule has 1 fully saturated rings. The van der Waals surface area contributed by atoms with Crippen molar-refractivity contribution in [2.45, 2.75) is 18.9 Å². The molecule has 6 heteroatoms. The van der Waals surface area contributed by atoms with Crippen molar-refractivity contribution in [1.29, 1.82) is 0 Å². The minimum absolute atomic E-state index is 0.355. The van der Waals surface area contributed by atoms with Crippen LogP contribution in [-0.4, -0.2) is 26.0 Å². The summed E-state index contributed by atoms with van der Waals surface area (Å²) < 4.78 is 7.86. The molecule has 0 N–H and O–H groups in total. The van der Waals surface area contributed by atoms with Crippen LogP contribution in [0, 0.1) is 0 Å². The Balaban J connectivity index is 1.54. The molecule has 1 saturated carbocycles. The molecule has 1 aromatic carbocycles. The third-order valence-corrected chi connectivity index (χ3v) is 4.39. The van der Waals surface area contributed by atoms with Gasteiger partial charge in [-0.25, -0.2) is 4.98 Å². The Morgan fingerprint density at radius 1 is 1.12 bits per heavy atom. The van der Waals surface area contributed by atoms with Gasteiger partial charge in [0.1, 0.15) is 11.2 Å². The van der Waals surface area contributed by atoms with Crippen LogP contribution in [0.4, 0.5) is 0 Å². The largest absolute Gasteiger partial charge is 0.436 e. The summed E-state index contributed by atoms with van der Waals surface area (Å²) in [7, 11) is 0. The minimum atomic E-state index is 0.355. The zero-order valence-corrected chi connectivity index (χ0v) is 13.3. The first-order valence-electron chi connectivity index (χ1n) is 8.17. The molecule has 0 unspecified atom stereocenters. The zero-order chi connectivity index (χ0) is 16.8. The quantitative estimate of drug-likeness (QED) is 0.531. The van der Waals surface area contributed by atoms with Gasteiger partial charge in [0.15, 0.2) is 11.9 Å². The first kappa shape index (κ1) is 14.1. The first-order chi connectivity index (χ1) is 12.3. The molecule has 0 bridgehead atoms. The van der Waals surface area contributed by atoms with Gasteiger partial charge >= 0.3 is 0 Å². The van der Waals surface area contributed by atoms with E-state index in [4.69, 9.17) is 4.42 Å². The molecule has 0 atom stereocenters. The van der Waals surface area contributed by atoms with E-state index >= 15 is 0 Å². The number of rotatable bonds is 4. The van der Waals surface area contributed by atoms with Crippen LogP contribution in [0.25, 0.3) is 33.7 Å². The SMILES string of the molecule is O=Cc1cc(-c2nc3cc(-c4cnn(C5CC5)c4)ccc3o2)ccn1. The maximum absolute atomic E-state index is 10.9. The van der Waals surface area contributed by atoms with Crippen LogP contribution in [-0.2, 0) is 0 Å². The molecule has 5 rings (SSSR count). The molecule has 3 aromatic heterocycles. The van der Waals surface area contributed by atoms with E-state index in [9.17, 15) is 4.79 Å². The average molecular weight is 330 g/mol. The van der Waals surface area contributed by atoms with Crippen LogP contribution in [0.5, 0.6) is 0 Å². The van der Waals surface area contributed by atoms with E-state index in [1.807, 2.05) is 29.1 Å². The van der Waals surface area contributed by atoms with Crippen molar-refractivity contribution in [1.82, 2.24) is 19.7 Å². The predicted molar refractivity (Wildman–Crippen MR) is 92.1 cm³/mol. The standard InChI is InChI=1S/C19H14N4O2/c24-11-15-7-13(5-6-20-15)19-22-17-8-12(1-4-18(17)25-19)14-9-21-23(10-14)16-2-3-16/h1,4-11,16H,2-3H2. The highest BCUT2D eigenvalue weighted by atomic mass is 16.3. The van der Waals surface area contributed by atoms with Crippen LogP contribution in [0.15, 0.2) is 53.3 Å². The van der Waals surface area contributed by atoms with E-state index in [0.717, 1.165) is 22.2 Å². The molecule has 25 heavy (non-hydrogen) atoms. The molecular weight excluding hydrogens is 316 g/mol. The van der Waals surface area contributed by atoms with Gasteiger partial charge in [0.05, 0.1) is 12.2 Å². The summed E-state index contributed by atoms with van der Waals surface area (Å²) in [6.07, 6.45) is 8.68. The normalized spacial score (nSPS) is 14.1. The Bertz CT molecular complexity index is 1090. The number of hydrogen-bond acceptors (Lipinski definition) is 5. The van der Waals surface area contributed by atoms with E-state index in [-0.39, 0.29) is 0 Å². The molecule has 0 saturated heterocycles. The van der Waals surface area contributed by atoms with Gasteiger partial charge in [0.25, 0.3) is 0 Å². The van der Waals surface area contributed by atoms with Crippen molar-refractivity contribution in [3.05, 3.63) is 54.6 Å². The highest BCUT2D eigenvalue weighted by molar-refractivity contribution is 5.82. The molecule has 122 valence electrons. The van der Waals surface area contributed by atoms with Crippen molar-refractivity contribution < 1.29 is 9.21 Å². The highest BCUT2D eigenvalue weighted by Gasteiger charge is 2.24. The second-order valence-electron chi connectivity index (χ2n) is 6.23. The van der Waals surface area contributed by atoms with E-state index in [1.165, 1.54) is 12.8 Å². The lowest BCUT2D eigenvalue weighted by atomic mass is 10.1. The zero-order valence-electron chi connectivity index (χ0n) is 13.3. The van der Waals surface area contributed by atoms with Gasteiger partial charge in [-0.15, -0.1) is 0 Å². The van der Waals surface area contributed by atoms with E-state index in [1.54, 1.807) is 18.3 Å². The molecule has 0 spiro atoms. The number of oxazole rings is 1. The number of carbonyl (C=O) groups is 1. The Morgan fingerprint density at radius 2 is 2.04 bits per heavy atom. The van der Waals surface area contributed by atoms with Crippen molar-refractivity contribution in [3.8, 4) is 22.6 Å². The topological polar surface area (TPSA) is 73.8 Å². The van der Waals surface area contributed by atoms with Gasteiger partial charge in [0, 0.05) is 23.5 Å². The Morgan fingerprint density at radius 3 is 2.88 bits per heavy atom. The number of benzene rings is 1. The third kappa shape index (κ3) is 2.52. The molecular formula is C19H14N4O2. The molecule has 4 aromatic rings. The Hall–Kier alpha value is -3.28. The lowest BCUT2D eigenvalue weighted by molar-refractivity contribution is 0.111. The van der Waals surface area contributed by atoms with Crippen LogP contribution in [0.1, 0.15) is 29.4 Å². The molecule has 0 amide bonds. The highest BCUT2D eigenvalue weighted by Crippen LogP contribution is 2.35. The van der Waals surface area contributed by atoms with Gasteiger partial charge in [-0.05, 0) is 42.7 Å². The van der Waals surface area contributed by atoms with Crippen molar-refractivity contribution in [2.24, 2.45) is 0 Å². The Labute approximate surface area is 143 Å². The summed E-state index contributed by atoms with van der Waals surface area (Å²) in [5.74, 6) is 0.478. The van der Waals surface area contributed by atoms with Crippen molar-refractivity contribution in [3.63, 3.8) is 0 Å². The molecule has 1 aliphatic rings. The van der Waals surface area contributed by atoms with E-state index in [0.29, 0.717) is 29.5 Å². The van der Waals surface area contributed by atoms with Gasteiger partial charge < -0.3 is 4.42 Å².